The van der Waals surface area contributed by atoms with Gasteiger partial charge in [-0.3, -0.25) is 4.79 Å². The number of nitrogens with zero attached hydrogens (tertiary/aromatic N) is 1. The molecule has 1 aromatic carbocycles. The Labute approximate surface area is 156 Å². The molecule has 1 saturated carbocycles. The zero-order valence-electron chi connectivity index (χ0n) is 15.1. The highest BCUT2D eigenvalue weighted by Crippen LogP contribution is 2.27. The summed E-state index contributed by atoms with van der Waals surface area (Å²) in [6, 6.07) is 5.32. The number of benzene rings is 1. The van der Waals surface area contributed by atoms with Crippen LogP contribution in [0.5, 0.6) is 0 Å². The third-order valence-electron chi connectivity index (χ3n) is 4.82. The molecule has 3 rings (SSSR count). The highest BCUT2D eigenvalue weighted by atomic mass is 19.1. The van der Waals surface area contributed by atoms with Crippen molar-refractivity contribution in [3.63, 3.8) is 0 Å². The van der Waals surface area contributed by atoms with Gasteiger partial charge in [-0.25, -0.2) is 13.8 Å². The van der Waals surface area contributed by atoms with E-state index in [0.29, 0.717) is 11.3 Å². The van der Waals surface area contributed by atoms with Gasteiger partial charge in [0.05, 0.1) is 5.56 Å². The summed E-state index contributed by atoms with van der Waals surface area (Å²) in [5.41, 5.74) is 12.2. The van der Waals surface area contributed by atoms with Crippen LogP contribution >= 0.6 is 0 Å². The molecule has 1 aromatic heterocycles. The molecular weight excluding hydrogens is 352 g/mol. The van der Waals surface area contributed by atoms with E-state index in [1.54, 1.807) is 19.1 Å². The van der Waals surface area contributed by atoms with Crippen LogP contribution in [-0.2, 0) is 0 Å². The molecular formula is C19H23F2N5O. The fourth-order valence-corrected chi connectivity index (χ4v) is 3.19. The second kappa shape index (κ2) is 7.87. The summed E-state index contributed by atoms with van der Waals surface area (Å²) in [5, 5.41) is 5.88. The first-order valence-corrected chi connectivity index (χ1v) is 8.91. The van der Waals surface area contributed by atoms with Crippen LogP contribution in [0.1, 0.15) is 41.6 Å². The van der Waals surface area contributed by atoms with E-state index in [1.165, 1.54) is 6.07 Å². The SMILES string of the molecule is Cc1ccc(Nc2nc(N[C@@H]3CCCC[C@@H]3N)c(F)cc2C(N)=O)cc1F. The van der Waals surface area contributed by atoms with Gasteiger partial charge >= 0.3 is 0 Å². The Hall–Kier alpha value is -2.74. The zero-order chi connectivity index (χ0) is 19.6. The molecule has 1 heterocycles. The van der Waals surface area contributed by atoms with Gasteiger partial charge in [0.25, 0.3) is 5.91 Å². The number of carbonyl (C=O) groups is 1. The Kier molecular flexibility index (Phi) is 5.55. The lowest BCUT2D eigenvalue weighted by Crippen LogP contribution is -2.43. The van der Waals surface area contributed by atoms with E-state index in [2.05, 4.69) is 15.6 Å². The molecule has 144 valence electrons. The second-order valence-electron chi connectivity index (χ2n) is 6.87. The van der Waals surface area contributed by atoms with Gasteiger partial charge < -0.3 is 22.1 Å². The van der Waals surface area contributed by atoms with Crippen LogP contribution in [-0.4, -0.2) is 23.0 Å². The number of carbonyl (C=O) groups excluding carboxylic acids is 1. The predicted octanol–water partition coefficient (Wildman–Crippen LogP) is 3.19. The molecule has 0 bridgehead atoms. The van der Waals surface area contributed by atoms with Crippen LogP contribution in [0.2, 0.25) is 0 Å². The van der Waals surface area contributed by atoms with Gasteiger partial charge in [0, 0.05) is 17.8 Å². The molecule has 1 aliphatic carbocycles. The second-order valence-corrected chi connectivity index (χ2v) is 6.87. The molecule has 6 N–H and O–H groups in total. The molecule has 0 unspecified atom stereocenters. The number of hydrogen-bond donors (Lipinski definition) is 4. The first kappa shape index (κ1) is 19.0. The Balaban J connectivity index is 1.92. The first-order valence-electron chi connectivity index (χ1n) is 8.91. The van der Waals surface area contributed by atoms with Crippen molar-refractivity contribution in [2.45, 2.75) is 44.7 Å². The fourth-order valence-electron chi connectivity index (χ4n) is 3.19. The van der Waals surface area contributed by atoms with Gasteiger partial charge in [0.15, 0.2) is 11.6 Å². The quantitative estimate of drug-likeness (QED) is 0.642. The number of primary amides is 1. The molecule has 6 nitrogen and oxygen atoms in total. The maximum Gasteiger partial charge on any atom is 0.252 e. The summed E-state index contributed by atoms with van der Waals surface area (Å²) in [7, 11) is 0. The molecule has 27 heavy (non-hydrogen) atoms. The third-order valence-corrected chi connectivity index (χ3v) is 4.82. The van der Waals surface area contributed by atoms with E-state index >= 15 is 0 Å². The summed E-state index contributed by atoms with van der Waals surface area (Å²) in [5.74, 6) is -1.90. The van der Waals surface area contributed by atoms with Crippen molar-refractivity contribution in [3.8, 4) is 0 Å². The van der Waals surface area contributed by atoms with E-state index < -0.39 is 17.5 Å². The van der Waals surface area contributed by atoms with E-state index in [9.17, 15) is 13.6 Å². The summed E-state index contributed by atoms with van der Waals surface area (Å²) in [4.78, 5) is 15.9. The summed E-state index contributed by atoms with van der Waals surface area (Å²) >= 11 is 0. The fraction of sp³-hybridized carbons (Fsp3) is 0.368. The van der Waals surface area contributed by atoms with Crippen LogP contribution in [0.3, 0.4) is 0 Å². The number of nitrogens with one attached hydrogen (secondary N) is 2. The van der Waals surface area contributed by atoms with Crippen LogP contribution in [0.4, 0.5) is 26.1 Å². The van der Waals surface area contributed by atoms with Crippen molar-refractivity contribution in [3.05, 3.63) is 47.0 Å². The number of nitrogens with two attached hydrogens (primary N) is 2. The first-order chi connectivity index (χ1) is 12.8. The number of hydrogen-bond acceptors (Lipinski definition) is 5. The Morgan fingerprint density at radius 1 is 1.15 bits per heavy atom. The largest absolute Gasteiger partial charge is 0.365 e. The smallest absolute Gasteiger partial charge is 0.252 e. The van der Waals surface area contributed by atoms with Gasteiger partial charge in [-0.1, -0.05) is 18.9 Å². The number of pyridine rings is 1. The molecule has 8 heteroatoms. The van der Waals surface area contributed by atoms with E-state index in [1.807, 2.05) is 0 Å². The van der Waals surface area contributed by atoms with E-state index in [4.69, 9.17) is 11.5 Å². The summed E-state index contributed by atoms with van der Waals surface area (Å²) < 4.78 is 28.3. The zero-order valence-corrected chi connectivity index (χ0v) is 15.1. The van der Waals surface area contributed by atoms with Crippen molar-refractivity contribution in [1.82, 2.24) is 4.98 Å². The van der Waals surface area contributed by atoms with E-state index in [0.717, 1.165) is 31.7 Å². The van der Waals surface area contributed by atoms with Crippen LogP contribution < -0.4 is 22.1 Å². The van der Waals surface area contributed by atoms with Crippen LogP contribution in [0.15, 0.2) is 24.3 Å². The third kappa shape index (κ3) is 4.33. The lowest BCUT2D eigenvalue weighted by atomic mass is 9.91. The average molecular weight is 375 g/mol. The predicted molar refractivity (Wildman–Crippen MR) is 101 cm³/mol. The highest BCUT2D eigenvalue weighted by Gasteiger charge is 2.24. The lowest BCUT2D eigenvalue weighted by Gasteiger charge is -2.30. The summed E-state index contributed by atoms with van der Waals surface area (Å²) in [6.45, 7) is 1.64. The Bertz CT molecular complexity index is 858. The molecule has 2 aromatic rings. The minimum Gasteiger partial charge on any atom is -0.365 e. The Morgan fingerprint density at radius 2 is 1.89 bits per heavy atom. The molecule has 1 amide bonds. The van der Waals surface area contributed by atoms with Crippen molar-refractivity contribution in [2.75, 3.05) is 10.6 Å². The van der Waals surface area contributed by atoms with E-state index in [-0.39, 0.29) is 29.3 Å². The highest BCUT2D eigenvalue weighted by molar-refractivity contribution is 5.98. The van der Waals surface area contributed by atoms with Gasteiger partial charge in [-0.05, 0) is 43.5 Å². The van der Waals surface area contributed by atoms with Crippen molar-refractivity contribution in [1.29, 1.82) is 0 Å². The maximum atomic E-state index is 14.5. The summed E-state index contributed by atoms with van der Waals surface area (Å²) in [6.07, 6.45) is 3.71. The van der Waals surface area contributed by atoms with Gasteiger partial charge in [-0.2, -0.15) is 0 Å². The Morgan fingerprint density at radius 3 is 2.56 bits per heavy atom. The van der Waals surface area contributed by atoms with Crippen LogP contribution in [0.25, 0.3) is 0 Å². The average Bonchev–Trinajstić information content (AvgIpc) is 2.62. The van der Waals surface area contributed by atoms with Crippen molar-refractivity contribution < 1.29 is 13.6 Å². The molecule has 0 aliphatic heterocycles. The number of amides is 1. The van der Waals surface area contributed by atoms with Crippen LogP contribution in [0, 0.1) is 18.6 Å². The number of aryl methyl sites for hydroxylation is 1. The molecule has 1 fully saturated rings. The monoisotopic (exact) mass is 375 g/mol. The molecule has 0 saturated heterocycles. The van der Waals surface area contributed by atoms with Gasteiger partial charge in [0.2, 0.25) is 0 Å². The van der Waals surface area contributed by atoms with Crippen molar-refractivity contribution in [2.24, 2.45) is 11.5 Å². The number of halogens is 2. The number of anilines is 3. The van der Waals surface area contributed by atoms with Gasteiger partial charge in [0.1, 0.15) is 11.6 Å². The standard InChI is InChI=1S/C19H23F2N5O/c1-10-6-7-11(8-13(10)20)24-18-12(17(23)27)9-14(21)19(26-18)25-16-5-3-2-4-15(16)22/h6-9,15-16H,2-5,22H2,1H3,(H2,23,27)(H2,24,25,26)/t15-,16+/m0/s1. The molecule has 2 atom stereocenters. The molecule has 0 radical (unpaired) electrons. The topological polar surface area (TPSA) is 106 Å². The normalized spacial score (nSPS) is 19.6. The number of rotatable bonds is 5. The maximum absolute atomic E-state index is 14.5. The lowest BCUT2D eigenvalue weighted by molar-refractivity contribution is 0.100. The number of aromatic nitrogens is 1. The van der Waals surface area contributed by atoms with Crippen molar-refractivity contribution >= 4 is 23.2 Å². The minimum absolute atomic E-state index is 0.0163. The molecule has 0 spiro atoms. The van der Waals surface area contributed by atoms with Gasteiger partial charge in [-0.15, -0.1) is 0 Å². The molecule has 1 aliphatic rings. The minimum atomic E-state index is -0.836.